The van der Waals surface area contributed by atoms with Crippen LogP contribution in [-0.2, 0) is 16.1 Å². The molecule has 1 rings (SSSR count). The Morgan fingerprint density at radius 1 is 1.33 bits per heavy atom. The van der Waals surface area contributed by atoms with E-state index in [-0.39, 0.29) is 6.61 Å². The highest BCUT2D eigenvalue weighted by molar-refractivity contribution is 5.85. The molecule has 7 heteroatoms. The van der Waals surface area contributed by atoms with E-state index in [1.807, 2.05) is 36.7 Å². The van der Waals surface area contributed by atoms with Gasteiger partial charge in [-0.3, -0.25) is 10.2 Å². The van der Waals surface area contributed by atoms with E-state index in [0.29, 0.717) is 6.42 Å². The largest absolute Gasteiger partial charge is 0.445 e. The lowest BCUT2D eigenvalue weighted by molar-refractivity contribution is -0.123. The molecular formula is C14H21N4O3. The zero-order valence-corrected chi connectivity index (χ0v) is 12.2. The molecule has 0 aliphatic rings. The van der Waals surface area contributed by atoms with Crippen molar-refractivity contribution in [3.63, 3.8) is 0 Å². The number of benzene rings is 1. The molecule has 0 spiro atoms. The topological polar surface area (TPSA) is 105 Å². The smallest absolute Gasteiger partial charge is 0.408 e. The first-order chi connectivity index (χ1) is 10.1. The zero-order chi connectivity index (χ0) is 15.7. The molecule has 1 aromatic carbocycles. The molecule has 1 aromatic rings. The van der Waals surface area contributed by atoms with Gasteiger partial charge in [0.1, 0.15) is 12.6 Å². The van der Waals surface area contributed by atoms with Gasteiger partial charge in [0.2, 0.25) is 0 Å². The summed E-state index contributed by atoms with van der Waals surface area (Å²) in [5, 5.41) is 5.46. The molecule has 5 N–H and O–H groups in total. The number of nitrogens with one attached hydrogen (secondary N) is 3. The molecule has 2 amide bonds. The van der Waals surface area contributed by atoms with Crippen LogP contribution < -0.4 is 21.9 Å². The number of alkyl carbamates (subject to hydrolysis) is 1. The fourth-order valence-electron chi connectivity index (χ4n) is 1.67. The second kappa shape index (κ2) is 8.80. The third kappa shape index (κ3) is 5.70. The van der Waals surface area contributed by atoms with Crippen LogP contribution in [0.2, 0.25) is 0 Å². The van der Waals surface area contributed by atoms with E-state index in [1.54, 1.807) is 13.3 Å². The van der Waals surface area contributed by atoms with E-state index >= 15 is 0 Å². The summed E-state index contributed by atoms with van der Waals surface area (Å²) in [6.45, 7) is 1.91. The molecule has 0 fully saturated rings. The minimum Gasteiger partial charge on any atom is -0.445 e. The molecule has 0 aromatic heterocycles. The van der Waals surface area contributed by atoms with Crippen LogP contribution >= 0.6 is 0 Å². The molecule has 0 bridgehead atoms. The summed E-state index contributed by atoms with van der Waals surface area (Å²) in [7, 11) is 1.83. The number of amides is 2. The monoisotopic (exact) mass is 293 g/mol. The fraction of sp³-hybridized carbons (Fsp3) is 0.357. The van der Waals surface area contributed by atoms with E-state index in [4.69, 9.17) is 10.6 Å². The van der Waals surface area contributed by atoms with Crippen LogP contribution in [0.15, 0.2) is 24.3 Å². The van der Waals surface area contributed by atoms with Gasteiger partial charge in [0.05, 0.1) is 0 Å². The van der Waals surface area contributed by atoms with Gasteiger partial charge in [-0.1, -0.05) is 19.1 Å². The lowest BCUT2D eigenvalue weighted by Crippen LogP contribution is -2.49. The molecule has 115 valence electrons. The van der Waals surface area contributed by atoms with Gasteiger partial charge in [0, 0.05) is 12.7 Å². The Hall–Kier alpha value is -2.28. The van der Waals surface area contributed by atoms with Gasteiger partial charge in [0.15, 0.2) is 0 Å². The number of ether oxygens (including phenoxy) is 1. The highest BCUT2D eigenvalue weighted by atomic mass is 16.5. The predicted molar refractivity (Wildman–Crippen MR) is 80.0 cm³/mol. The maximum absolute atomic E-state index is 11.7. The van der Waals surface area contributed by atoms with Crippen molar-refractivity contribution in [2.24, 2.45) is 5.84 Å². The van der Waals surface area contributed by atoms with Crippen molar-refractivity contribution in [2.75, 3.05) is 12.4 Å². The number of hydrazine groups is 1. The molecule has 7 nitrogen and oxygen atoms in total. The SMILES string of the molecule is C[CH]C[C@@H](NC(=O)OCc1ccc(NC)cc1)C(=O)NN. The van der Waals surface area contributed by atoms with E-state index in [2.05, 4.69) is 10.6 Å². The third-order valence-electron chi connectivity index (χ3n) is 2.83. The average Bonchev–Trinajstić information content (AvgIpc) is 2.52. The number of hydrogen-bond acceptors (Lipinski definition) is 5. The average molecular weight is 293 g/mol. The molecule has 0 saturated carbocycles. The number of carbonyl (C=O) groups is 2. The first-order valence-corrected chi connectivity index (χ1v) is 6.59. The normalized spacial score (nSPS) is 11.4. The molecule has 1 radical (unpaired) electrons. The number of nitrogens with two attached hydrogens (primary N) is 1. The zero-order valence-electron chi connectivity index (χ0n) is 12.2. The molecule has 0 saturated heterocycles. The summed E-state index contributed by atoms with van der Waals surface area (Å²) in [5.74, 6) is 4.59. The minimum absolute atomic E-state index is 0.128. The first kappa shape index (κ1) is 16.8. The van der Waals surface area contributed by atoms with Gasteiger partial charge in [-0.25, -0.2) is 10.6 Å². The second-order valence-corrected chi connectivity index (χ2v) is 4.37. The molecule has 1 atom stereocenters. The maximum Gasteiger partial charge on any atom is 0.408 e. The summed E-state index contributed by atoms with van der Waals surface area (Å²) in [5.41, 5.74) is 3.83. The van der Waals surface area contributed by atoms with E-state index in [0.717, 1.165) is 11.3 Å². The predicted octanol–water partition coefficient (Wildman–Crippen LogP) is 0.927. The molecule has 0 unspecified atom stereocenters. The third-order valence-corrected chi connectivity index (χ3v) is 2.83. The van der Waals surface area contributed by atoms with E-state index in [1.165, 1.54) is 0 Å². The Morgan fingerprint density at radius 2 is 2.00 bits per heavy atom. The standard InChI is InChI=1S/C14H21N4O3/c1-3-4-12(13(19)18-15)17-14(20)21-9-10-5-7-11(16-2)8-6-10/h3,5-8,12,16H,4,9,15H2,1-2H3,(H,17,20)(H,18,19)/t12-/m1/s1. The van der Waals surface area contributed by atoms with Crippen molar-refractivity contribution in [3.8, 4) is 0 Å². The van der Waals surface area contributed by atoms with E-state index < -0.39 is 18.0 Å². The van der Waals surface area contributed by atoms with Gasteiger partial charge in [-0.15, -0.1) is 0 Å². The van der Waals surface area contributed by atoms with Crippen LogP contribution in [0.4, 0.5) is 10.5 Å². The van der Waals surface area contributed by atoms with Crippen LogP contribution in [0, 0.1) is 6.42 Å². The van der Waals surface area contributed by atoms with Crippen LogP contribution in [-0.4, -0.2) is 25.1 Å². The lowest BCUT2D eigenvalue weighted by Gasteiger charge is -2.16. The highest BCUT2D eigenvalue weighted by Gasteiger charge is 2.19. The Kier molecular flexibility index (Phi) is 7.03. The van der Waals surface area contributed by atoms with Crippen LogP contribution in [0.25, 0.3) is 0 Å². The van der Waals surface area contributed by atoms with Gasteiger partial charge in [-0.2, -0.15) is 0 Å². The van der Waals surface area contributed by atoms with Crippen molar-refractivity contribution in [2.45, 2.75) is 26.0 Å². The molecule has 0 heterocycles. The van der Waals surface area contributed by atoms with Crippen LogP contribution in [0.1, 0.15) is 18.9 Å². The Morgan fingerprint density at radius 3 is 2.52 bits per heavy atom. The summed E-state index contributed by atoms with van der Waals surface area (Å²) in [6.07, 6.45) is 1.47. The Balaban J connectivity index is 2.46. The molecule has 0 aliphatic heterocycles. The summed E-state index contributed by atoms with van der Waals surface area (Å²) in [4.78, 5) is 23.1. The number of hydrogen-bond donors (Lipinski definition) is 4. The Labute approximate surface area is 124 Å². The van der Waals surface area contributed by atoms with Gasteiger partial charge >= 0.3 is 6.09 Å². The van der Waals surface area contributed by atoms with Crippen LogP contribution in [0.5, 0.6) is 0 Å². The lowest BCUT2D eigenvalue weighted by atomic mass is 10.1. The number of rotatable bonds is 7. The van der Waals surface area contributed by atoms with Crippen molar-refractivity contribution < 1.29 is 14.3 Å². The van der Waals surface area contributed by atoms with Gasteiger partial charge < -0.3 is 15.4 Å². The van der Waals surface area contributed by atoms with Crippen molar-refractivity contribution >= 4 is 17.7 Å². The quantitative estimate of drug-likeness (QED) is 0.340. The van der Waals surface area contributed by atoms with Crippen LogP contribution in [0.3, 0.4) is 0 Å². The van der Waals surface area contributed by atoms with Gasteiger partial charge in [-0.05, 0) is 30.5 Å². The van der Waals surface area contributed by atoms with Crippen molar-refractivity contribution in [1.82, 2.24) is 10.7 Å². The summed E-state index contributed by atoms with van der Waals surface area (Å²) >= 11 is 0. The number of carbonyl (C=O) groups excluding carboxylic acids is 2. The van der Waals surface area contributed by atoms with Crippen molar-refractivity contribution in [3.05, 3.63) is 36.2 Å². The Bertz CT molecular complexity index is 462. The molecular weight excluding hydrogens is 272 g/mol. The van der Waals surface area contributed by atoms with E-state index in [9.17, 15) is 9.59 Å². The maximum atomic E-state index is 11.7. The molecule has 21 heavy (non-hydrogen) atoms. The second-order valence-electron chi connectivity index (χ2n) is 4.37. The summed E-state index contributed by atoms with van der Waals surface area (Å²) in [6, 6.07) is 6.73. The highest BCUT2D eigenvalue weighted by Crippen LogP contribution is 2.09. The number of anilines is 1. The van der Waals surface area contributed by atoms with Gasteiger partial charge in [0.25, 0.3) is 5.91 Å². The van der Waals surface area contributed by atoms with Crippen molar-refractivity contribution in [1.29, 1.82) is 0 Å². The fourth-order valence-corrected chi connectivity index (χ4v) is 1.67. The molecule has 0 aliphatic carbocycles. The minimum atomic E-state index is -0.737. The first-order valence-electron chi connectivity index (χ1n) is 6.59. The summed E-state index contributed by atoms with van der Waals surface area (Å²) < 4.78 is 5.07.